The second-order valence-corrected chi connectivity index (χ2v) is 3.77. The number of nitrogens with zero attached hydrogens (tertiary/aromatic N) is 1. The number of fused-ring (bicyclic) bond motifs is 1. The lowest BCUT2D eigenvalue weighted by molar-refractivity contribution is 0.639. The Labute approximate surface area is 89.1 Å². The predicted molar refractivity (Wildman–Crippen MR) is 57.3 cm³/mol. The molecule has 1 heterocycles. The van der Waals surface area contributed by atoms with E-state index < -0.39 is 0 Å². The fourth-order valence-corrected chi connectivity index (χ4v) is 2.02. The highest BCUT2D eigenvalue weighted by molar-refractivity contribution is 9.10. The zero-order valence-electron chi connectivity index (χ0n) is 7.30. The Balaban J connectivity index is 2.92. The van der Waals surface area contributed by atoms with Crippen molar-refractivity contribution >= 4 is 26.7 Å². The van der Waals surface area contributed by atoms with Crippen molar-refractivity contribution in [3.63, 3.8) is 0 Å². The Morgan fingerprint density at radius 3 is 2.86 bits per heavy atom. The van der Waals surface area contributed by atoms with Crippen LogP contribution >= 0.6 is 15.9 Å². The summed E-state index contributed by atoms with van der Waals surface area (Å²) in [7, 11) is 0. The summed E-state index contributed by atoms with van der Waals surface area (Å²) < 4.78 is 14.2. The van der Waals surface area contributed by atoms with Gasteiger partial charge >= 0.3 is 0 Å². The van der Waals surface area contributed by atoms with Gasteiger partial charge in [-0.25, -0.2) is 4.39 Å². The van der Waals surface area contributed by atoms with Crippen LogP contribution in [-0.4, -0.2) is 4.98 Å². The van der Waals surface area contributed by atoms with Crippen molar-refractivity contribution in [3.05, 3.63) is 40.4 Å². The molecule has 14 heavy (non-hydrogen) atoms. The molecule has 72 valence electrons. The minimum Gasteiger partial charge on any atom is -0.325 e. The maximum absolute atomic E-state index is 13.4. The zero-order chi connectivity index (χ0) is 10.1. The summed E-state index contributed by atoms with van der Waals surface area (Å²) in [6, 6.07) is 4.74. The van der Waals surface area contributed by atoms with E-state index >= 15 is 0 Å². The Kier molecular flexibility index (Phi) is 2.48. The molecule has 0 amide bonds. The molecular formula is C10H8BrFN2. The smallest absolute Gasteiger partial charge is 0.131 e. The normalized spacial score (nSPS) is 10.8. The fraction of sp³-hybridized carbons (Fsp3) is 0.100. The van der Waals surface area contributed by atoms with Crippen LogP contribution in [0.25, 0.3) is 10.8 Å². The molecule has 0 atom stereocenters. The summed E-state index contributed by atoms with van der Waals surface area (Å²) in [4.78, 5) is 4.11. The van der Waals surface area contributed by atoms with E-state index in [-0.39, 0.29) is 5.82 Å². The molecule has 2 N–H and O–H groups in total. The van der Waals surface area contributed by atoms with Gasteiger partial charge in [-0.3, -0.25) is 4.98 Å². The SMILES string of the molecule is NCc1nccc2c(F)ccc(Br)c12. The van der Waals surface area contributed by atoms with Crippen molar-refractivity contribution in [2.24, 2.45) is 5.73 Å². The first-order chi connectivity index (χ1) is 6.74. The standard InChI is InChI=1S/C10H8BrFN2/c11-7-1-2-8(12)6-3-4-14-9(5-13)10(6)7/h1-4H,5,13H2. The van der Waals surface area contributed by atoms with Gasteiger partial charge in [0.05, 0.1) is 5.69 Å². The quantitative estimate of drug-likeness (QED) is 0.850. The van der Waals surface area contributed by atoms with Crippen molar-refractivity contribution in [2.75, 3.05) is 0 Å². The van der Waals surface area contributed by atoms with Crippen LogP contribution in [0.15, 0.2) is 28.9 Å². The number of aromatic nitrogens is 1. The van der Waals surface area contributed by atoms with E-state index in [2.05, 4.69) is 20.9 Å². The van der Waals surface area contributed by atoms with Crippen molar-refractivity contribution in [3.8, 4) is 0 Å². The molecule has 0 fully saturated rings. The van der Waals surface area contributed by atoms with E-state index in [1.807, 2.05) is 0 Å². The lowest BCUT2D eigenvalue weighted by Gasteiger charge is -2.05. The molecule has 2 rings (SSSR count). The van der Waals surface area contributed by atoms with E-state index in [1.54, 1.807) is 18.3 Å². The molecule has 4 heteroatoms. The van der Waals surface area contributed by atoms with E-state index in [0.717, 1.165) is 9.86 Å². The first-order valence-electron chi connectivity index (χ1n) is 4.15. The number of nitrogens with two attached hydrogens (primary N) is 1. The largest absolute Gasteiger partial charge is 0.325 e. The summed E-state index contributed by atoms with van der Waals surface area (Å²) in [5, 5.41) is 1.31. The van der Waals surface area contributed by atoms with Gasteiger partial charge in [0.1, 0.15) is 5.82 Å². The second-order valence-electron chi connectivity index (χ2n) is 2.91. The summed E-state index contributed by atoms with van der Waals surface area (Å²) in [6.45, 7) is 0.305. The Morgan fingerprint density at radius 1 is 1.36 bits per heavy atom. The maximum atomic E-state index is 13.4. The highest BCUT2D eigenvalue weighted by Gasteiger charge is 2.08. The van der Waals surface area contributed by atoms with Crippen molar-refractivity contribution in [1.29, 1.82) is 0 Å². The van der Waals surface area contributed by atoms with Crippen LogP contribution in [0.3, 0.4) is 0 Å². The molecule has 0 unspecified atom stereocenters. The van der Waals surface area contributed by atoms with Gasteiger partial charge in [-0.15, -0.1) is 0 Å². The summed E-state index contributed by atoms with van der Waals surface area (Å²) in [5.74, 6) is -0.250. The molecule has 0 spiro atoms. The Morgan fingerprint density at radius 2 is 2.14 bits per heavy atom. The zero-order valence-corrected chi connectivity index (χ0v) is 8.88. The molecule has 0 aliphatic rings. The number of pyridine rings is 1. The third kappa shape index (κ3) is 1.40. The predicted octanol–water partition coefficient (Wildman–Crippen LogP) is 2.60. The number of halogens is 2. The molecule has 0 bridgehead atoms. The maximum Gasteiger partial charge on any atom is 0.131 e. The summed E-state index contributed by atoms with van der Waals surface area (Å²) in [5.41, 5.74) is 6.23. The topological polar surface area (TPSA) is 38.9 Å². The molecule has 1 aromatic heterocycles. The Hall–Kier alpha value is -1.000. The highest BCUT2D eigenvalue weighted by Crippen LogP contribution is 2.27. The molecule has 0 saturated heterocycles. The number of hydrogen-bond acceptors (Lipinski definition) is 2. The van der Waals surface area contributed by atoms with Crippen LogP contribution in [-0.2, 0) is 6.54 Å². The van der Waals surface area contributed by atoms with Gasteiger partial charge in [0.2, 0.25) is 0 Å². The molecule has 2 nitrogen and oxygen atoms in total. The van der Waals surface area contributed by atoms with Crippen molar-refractivity contribution < 1.29 is 4.39 Å². The van der Waals surface area contributed by atoms with Gasteiger partial charge in [0.15, 0.2) is 0 Å². The summed E-state index contributed by atoms with van der Waals surface area (Å²) in [6.07, 6.45) is 1.57. The molecule has 2 aromatic rings. The van der Waals surface area contributed by atoms with Gasteiger partial charge in [-0.1, -0.05) is 15.9 Å². The number of benzene rings is 1. The summed E-state index contributed by atoms with van der Waals surface area (Å²) >= 11 is 3.36. The van der Waals surface area contributed by atoms with Crippen molar-refractivity contribution in [2.45, 2.75) is 6.54 Å². The van der Waals surface area contributed by atoms with Crippen LogP contribution < -0.4 is 5.73 Å². The first-order valence-corrected chi connectivity index (χ1v) is 4.95. The van der Waals surface area contributed by atoms with E-state index in [1.165, 1.54) is 6.07 Å². The minimum atomic E-state index is -0.250. The fourth-order valence-electron chi connectivity index (χ4n) is 1.44. The Bertz CT molecular complexity index is 485. The molecular weight excluding hydrogens is 247 g/mol. The molecule has 0 aliphatic carbocycles. The third-order valence-electron chi connectivity index (χ3n) is 2.09. The van der Waals surface area contributed by atoms with Crippen LogP contribution in [0.5, 0.6) is 0 Å². The van der Waals surface area contributed by atoms with Crippen LogP contribution in [0.1, 0.15) is 5.69 Å². The van der Waals surface area contributed by atoms with Gasteiger partial charge in [0.25, 0.3) is 0 Å². The average molecular weight is 255 g/mol. The van der Waals surface area contributed by atoms with Gasteiger partial charge in [0, 0.05) is 28.0 Å². The van der Waals surface area contributed by atoms with Crippen LogP contribution in [0, 0.1) is 5.82 Å². The lowest BCUT2D eigenvalue weighted by atomic mass is 10.1. The molecule has 0 radical (unpaired) electrons. The van der Waals surface area contributed by atoms with Gasteiger partial charge in [-0.05, 0) is 18.2 Å². The minimum absolute atomic E-state index is 0.250. The molecule has 0 saturated carbocycles. The molecule has 1 aromatic carbocycles. The monoisotopic (exact) mass is 254 g/mol. The second kappa shape index (κ2) is 3.63. The van der Waals surface area contributed by atoms with Gasteiger partial charge in [-0.2, -0.15) is 0 Å². The van der Waals surface area contributed by atoms with E-state index in [4.69, 9.17) is 5.73 Å². The average Bonchev–Trinajstić information content (AvgIpc) is 2.23. The van der Waals surface area contributed by atoms with E-state index in [0.29, 0.717) is 17.6 Å². The van der Waals surface area contributed by atoms with E-state index in [9.17, 15) is 4.39 Å². The highest BCUT2D eigenvalue weighted by atomic mass is 79.9. The number of hydrogen-bond donors (Lipinski definition) is 1. The van der Waals surface area contributed by atoms with Crippen LogP contribution in [0.2, 0.25) is 0 Å². The lowest BCUT2D eigenvalue weighted by Crippen LogP contribution is -2.01. The first kappa shape index (κ1) is 9.55. The molecule has 0 aliphatic heterocycles. The number of rotatable bonds is 1. The van der Waals surface area contributed by atoms with Gasteiger partial charge < -0.3 is 5.73 Å². The third-order valence-corrected chi connectivity index (χ3v) is 2.76. The van der Waals surface area contributed by atoms with Crippen LogP contribution in [0.4, 0.5) is 4.39 Å². The van der Waals surface area contributed by atoms with Crippen molar-refractivity contribution in [1.82, 2.24) is 4.98 Å².